The molecule has 0 aliphatic heterocycles. The Morgan fingerprint density at radius 3 is 2.24 bits per heavy atom. The molecule has 2 N–H and O–H groups in total. The van der Waals surface area contributed by atoms with Gasteiger partial charge in [0.15, 0.2) is 0 Å². The van der Waals surface area contributed by atoms with Crippen LogP contribution in [0.3, 0.4) is 0 Å². The van der Waals surface area contributed by atoms with Crippen molar-refractivity contribution in [2.45, 2.75) is 98.9 Å². The van der Waals surface area contributed by atoms with Crippen molar-refractivity contribution in [1.82, 2.24) is 15.5 Å². The standard InChI is InChI=1S/C27H41N3O4/c1-11-14-19(6)28-24(31)23(21-16-13-15-18(5)20(21)7)30(12-2)25(32)22(17(3)4)29-26(33)34-27(8,9)10/h2,13,15-17,19,22-23H,11,14H2,1,3-10H3,(H,28,31)(H,29,33). The average Bonchev–Trinajstić information content (AvgIpc) is 2.70. The highest BCUT2D eigenvalue weighted by molar-refractivity contribution is 5.93. The van der Waals surface area contributed by atoms with Crippen LogP contribution in [0.1, 0.15) is 84.0 Å². The molecule has 7 nitrogen and oxygen atoms in total. The van der Waals surface area contributed by atoms with Gasteiger partial charge in [-0.25, -0.2) is 4.79 Å². The van der Waals surface area contributed by atoms with Crippen molar-refractivity contribution in [3.05, 3.63) is 34.9 Å². The number of benzene rings is 1. The number of alkyl carbamates (subject to hydrolysis) is 1. The minimum Gasteiger partial charge on any atom is -0.444 e. The molecule has 0 saturated carbocycles. The van der Waals surface area contributed by atoms with Gasteiger partial charge in [-0.05, 0) is 70.6 Å². The number of nitrogens with zero attached hydrogens (tertiary/aromatic N) is 1. The maximum absolute atomic E-state index is 13.7. The minimum atomic E-state index is -1.04. The molecule has 0 aliphatic rings. The van der Waals surface area contributed by atoms with Crippen LogP contribution in [0.25, 0.3) is 0 Å². The molecule has 0 bridgehead atoms. The summed E-state index contributed by atoms with van der Waals surface area (Å²) in [5.41, 5.74) is 1.78. The normalized spacial score (nSPS) is 13.9. The van der Waals surface area contributed by atoms with Crippen molar-refractivity contribution in [2.24, 2.45) is 5.92 Å². The second-order valence-electron chi connectivity index (χ2n) is 10.1. The van der Waals surface area contributed by atoms with Crippen LogP contribution in [0.4, 0.5) is 4.79 Å². The zero-order valence-corrected chi connectivity index (χ0v) is 22.1. The van der Waals surface area contributed by atoms with E-state index in [1.165, 1.54) is 0 Å². The summed E-state index contributed by atoms with van der Waals surface area (Å²) in [5, 5.41) is 5.64. The number of rotatable bonds is 9. The average molecular weight is 472 g/mol. The Balaban J connectivity index is 3.44. The lowest BCUT2D eigenvalue weighted by atomic mass is 9.94. The van der Waals surface area contributed by atoms with Crippen LogP contribution in [0.5, 0.6) is 0 Å². The van der Waals surface area contributed by atoms with Gasteiger partial charge in [0.25, 0.3) is 5.91 Å². The fourth-order valence-electron chi connectivity index (χ4n) is 3.66. The molecule has 34 heavy (non-hydrogen) atoms. The Bertz CT molecular complexity index is 911. The number of ether oxygens (including phenoxy) is 1. The van der Waals surface area contributed by atoms with Crippen molar-refractivity contribution < 1.29 is 19.1 Å². The molecule has 0 heterocycles. The molecule has 0 aliphatic carbocycles. The van der Waals surface area contributed by atoms with Crippen LogP contribution in [0, 0.1) is 32.2 Å². The Morgan fingerprint density at radius 1 is 1.12 bits per heavy atom. The molecule has 0 fully saturated rings. The van der Waals surface area contributed by atoms with E-state index in [1.807, 2.05) is 39.8 Å². The number of hydrogen-bond donors (Lipinski definition) is 2. The minimum absolute atomic E-state index is 0.0828. The van der Waals surface area contributed by atoms with Crippen LogP contribution < -0.4 is 10.6 Å². The molecule has 0 spiro atoms. The van der Waals surface area contributed by atoms with Gasteiger partial charge in [-0.1, -0.05) is 51.8 Å². The Hall–Kier alpha value is -3.01. The SMILES string of the molecule is C#CN(C(=O)C(NC(=O)OC(C)(C)C)C(C)C)C(C(=O)NC(C)CCC)c1cccc(C)c1C. The van der Waals surface area contributed by atoms with E-state index in [4.69, 9.17) is 11.2 Å². The summed E-state index contributed by atoms with van der Waals surface area (Å²) in [5.74, 6) is -1.20. The zero-order chi connectivity index (χ0) is 26.2. The summed E-state index contributed by atoms with van der Waals surface area (Å²) in [6, 6.07) is 5.91. The molecule has 0 aromatic heterocycles. The molecule has 3 amide bonds. The number of nitrogens with one attached hydrogen (secondary N) is 2. The van der Waals surface area contributed by atoms with Crippen molar-refractivity contribution >= 4 is 17.9 Å². The number of amides is 3. The van der Waals surface area contributed by atoms with E-state index >= 15 is 0 Å². The molecule has 0 saturated heterocycles. The predicted octanol–water partition coefficient (Wildman–Crippen LogP) is 4.62. The number of hydrogen-bond acceptors (Lipinski definition) is 4. The summed E-state index contributed by atoms with van der Waals surface area (Å²) in [6.07, 6.45) is 6.81. The van der Waals surface area contributed by atoms with Gasteiger partial charge in [0.05, 0.1) is 0 Å². The highest BCUT2D eigenvalue weighted by Crippen LogP contribution is 2.28. The van der Waals surface area contributed by atoms with Gasteiger partial charge in [-0.15, -0.1) is 0 Å². The summed E-state index contributed by atoms with van der Waals surface area (Å²) < 4.78 is 5.34. The van der Waals surface area contributed by atoms with Gasteiger partial charge >= 0.3 is 6.09 Å². The third-order valence-electron chi connectivity index (χ3n) is 5.54. The first-order chi connectivity index (χ1) is 15.7. The third-order valence-corrected chi connectivity index (χ3v) is 5.54. The van der Waals surface area contributed by atoms with Crippen LogP contribution in [-0.2, 0) is 14.3 Å². The third kappa shape index (κ3) is 8.09. The number of carbonyl (C=O) groups excluding carboxylic acids is 3. The van der Waals surface area contributed by atoms with E-state index in [0.29, 0.717) is 5.56 Å². The van der Waals surface area contributed by atoms with Crippen molar-refractivity contribution in [3.63, 3.8) is 0 Å². The Kier molecular flexibility index (Phi) is 10.6. The number of carbonyl (C=O) groups is 3. The zero-order valence-electron chi connectivity index (χ0n) is 22.1. The van der Waals surface area contributed by atoms with Gasteiger partial charge in [-0.3, -0.25) is 14.5 Å². The molecule has 3 atom stereocenters. The van der Waals surface area contributed by atoms with Crippen molar-refractivity contribution in [2.75, 3.05) is 0 Å². The molecular weight excluding hydrogens is 430 g/mol. The van der Waals surface area contributed by atoms with Gasteiger partial charge in [-0.2, -0.15) is 0 Å². The van der Waals surface area contributed by atoms with Crippen LogP contribution in [0.15, 0.2) is 18.2 Å². The lowest BCUT2D eigenvalue weighted by molar-refractivity contribution is -0.139. The summed E-state index contributed by atoms with van der Waals surface area (Å²) >= 11 is 0. The summed E-state index contributed by atoms with van der Waals surface area (Å²) in [4.78, 5) is 40.7. The van der Waals surface area contributed by atoms with Gasteiger partial charge < -0.3 is 15.4 Å². The first kappa shape index (κ1) is 29.0. The van der Waals surface area contributed by atoms with E-state index in [1.54, 1.807) is 40.7 Å². The molecule has 1 aromatic carbocycles. The Labute approximate surface area is 205 Å². The molecule has 3 unspecified atom stereocenters. The maximum Gasteiger partial charge on any atom is 0.408 e. The Morgan fingerprint density at radius 2 is 1.74 bits per heavy atom. The molecule has 0 radical (unpaired) electrons. The summed E-state index contributed by atoms with van der Waals surface area (Å²) in [7, 11) is 0. The van der Waals surface area contributed by atoms with E-state index in [2.05, 4.69) is 16.7 Å². The fourth-order valence-corrected chi connectivity index (χ4v) is 3.66. The topological polar surface area (TPSA) is 87.7 Å². The smallest absolute Gasteiger partial charge is 0.408 e. The van der Waals surface area contributed by atoms with Gasteiger partial charge in [0.1, 0.15) is 17.7 Å². The highest BCUT2D eigenvalue weighted by atomic mass is 16.6. The first-order valence-corrected chi connectivity index (χ1v) is 11.9. The molecular formula is C27H41N3O4. The number of aryl methyl sites for hydroxylation is 1. The largest absolute Gasteiger partial charge is 0.444 e. The van der Waals surface area contributed by atoms with E-state index in [0.717, 1.165) is 28.9 Å². The van der Waals surface area contributed by atoms with Gasteiger partial charge in [0, 0.05) is 12.1 Å². The van der Waals surface area contributed by atoms with Gasteiger partial charge in [0.2, 0.25) is 5.91 Å². The van der Waals surface area contributed by atoms with Crippen LogP contribution in [0.2, 0.25) is 0 Å². The predicted molar refractivity (Wildman–Crippen MR) is 135 cm³/mol. The highest BCUT2D eigenvalue weighted by Gasteiger charge is 2.38. The monoisotopic (exact) mass is 471 g/mol. The van der Waals surface area contributed by atoms with Crippen LogP contribution in [-0.4, -0.2) is 40.5 Å². The lowest BCUT2D eigenvalue weighted by Gasteiger charge is -2.33. The fraction of sp³-hybridized carbons (Fsp3) is 0.593. The van der Waals surface area contributed by atoms with E-state index in [9.17, 15) is 14.4 Å². The van der Waals surface area contributed by atoms with E-state index in [-0.39, 0.29) is 17.9 Å². The summed E-state index contributed by atoms with van der Waals surface area (Å²) in [6.45, 7) is 16.6. The molecule has 1 aromatic rings. The molecule has 188 valence electrons. The van der Waals surface area contributed by atoms with E-state index < -0.39 is 29.7 Å². The lowest BCUT2D eigenvalue weighted by Crippen LogP contribution is -2.54. The van der Waals surface area contributed by atoms with Crippen LogP contribution >= 0.6 is 0 Å². The number of terminal acetylenes is 1. The van der Waals surface area contributed by atoms with Crippen molar-refractivity contribution in [3.8, 4) is 12.5 Å². The maximum atomic E-state index is 13.7. The quantitative estimate of drug-likeness (QED) is 0.406. The first-order valence-electron chi connectivity index (χ1n) is 11.9. The second-order valence-corrected chi connectivity index (χ2v) is 10.1. The molecule has 1 rings (SSSR count). The molecule has 7 heteroatoms. The second kappa shape index (κ2) is 12.5. The van der Waals surface area contributed by atoms with Crippen molar-refractivity contribution in [1.29, 1.82) is 0 Å².